The van der Waals surface area contributed by atoms with Crippen LogP contribution in [-0.4, -0.2) is 20.7 Å². The molecule has 0 aliphatic heterocycles. The van der Waals surface area contributed by atoms with E-state index in [0.29, 0.717) is 15.6 Å². The predicted octanol–water partition coefficient (Wildman–Crippen LogP) is 1.44. The number of rotatable bonds is 3. The molecule has 2 aromatic rings. The van der Waals surface area contributed by atoms with E-state index in [-0.39, 0.29) is 5.69 Å². The van der Waals surface area contributed by atoms with E-state index in [9.17, 15) is 13.6 Å². The highest BCUT2D eigenvalue weighted by atomic mass is 35.5. The van der Waals surface area contributed by atoms with Crippen molar-refractivity contribution in [1.29, 1.82) is 0 Å². The molecule has 0 radical (unpaired) electrons. The van der Waals surface area contributed by atoms with Crippen LogP contribution in [0.15, 0.2) is 36.5 Å². The number of hydrogen-bond donors (Lipinski definition) is 0. The van der Waals surface area contributed by atoms with Gasteiger partial charge in [0.2, 0.25) is 21.7 Å². The summed E-state index contributed by atoms with van der Waals surface area (Å²) in [5.74, 6) is 0. The molecule has 0 saturated carbocycles. The van der Waals surface area contributed by atoms with Gasteiger partial charge in [-0.2, -0.15) is 4.73 Å². The third-order valence-corrected chi connectivity index (χ3v) is 4.79. The molecule has 0 atom stereocenters. The molecule has 5 nitrogen and oxygen atoms in total. The van der Waals surface area contributed by atoms with E-state index in [4.69, 9.17) is 11.6 Å². The number of sulfonamides is 1. The number of anilines is 1. The van der Waals surface area contributed by atoms with E-state index in [1.807, 2.05) is 0 Å². The lowest BCUT2D eigenvalue weighted by molar-refractivity contribution is -0.576. The van der Waals surface area contributed by atoms with Crippen LogP contribution >= 0.6 is 11.6 Å². The maximum Gasteiger partial charge on any atom is 0.249 e. The fourth-order valence-electron chi connectivity index (χ4n) is 1.60. The Bertz CT molecular complexity index is 688. The minimum atomic E-state index is -3.59. The van der Waals surface area contributed by atoms with E-state index >= 15 is 0 Å². The first-order valence-corrected chi connectivity index (χ1v) is 7.24. The molecule has 2 rings (SSSR count). The molecule has 1 aromatic carbocycles. The second kappa shape index (κ2) is 4.62. The van der Waals surface area contributed by atoms with Gasteiger partial charge in [-0.15, -0.1) is 11.6 Å². The molecule has 0 aliphatic carbocycles. The van der Waals surface area contributed by atoms with Crippen molar-refractivity contribution in [3.8, 4) is 0 Å². The standard InChI is InChI=1S/C11H11ClN2O3S/c1-13(18(16,17)8-12)10-6-9-4-2-3-5-11(9)14(15)7-10/h2-7H,8H2,1H3. The third-order valence-electron chi connectivity index (χ3n) is 2.65. The zero-order valence-electron chi connectivity index (χ0n) is 9.58. The second-order valence-corrected chi connectivity index (χ2v) is 6.36. The zero-order valence-corrected chi connectivity index (χ0v) is 11.1. The number of fused-ring (bicyclic) bond motifs is 1. The van der Waals surface area contributed by atoms with Crippen molar-refractivity contribution in [3.63, 3.8) is 0 Å². The lowest BCUT2D eigenvalue weighted by Crippen LogP contribution is -2.32. The summed E-state index contributed by atoms with van der Waals surface area (Å²) >= 11 is 5.38. The lowest BCUT2D eigenvalue weighted by Gasteiger charge is -2.17. The van der Waals surface area contributed by atoms with E-state index < -0.39 is 15.2 Å². The fraction of sp³-hybridized carbons (Fsp3) is 0.182. The predicted molar refractivity (Wildman–Crippen MR) is 71.0 cm³/mol. The van der Waals surface area contributed by atoms with Crippen molar-refractivity contribution in [2.24, 2.45) is 0 Å². The Morgan fingerprint density at radius 2 is 2.06 bits per heavy atom. The van der Waals surface area contributed by atoms with Crippen molar-refractivity contribution in [2.45, 2.75) is 0 Å². The van der Waals surface area contributed by atoms with Gasteiger partial charge in [0.15, 0.2) is 0 Å². The van der Waals surface area contributed by atoms with Crippen LogP contribution in [0.4, 0.5) is 5.69 Å². The van der Waals surface area contributed by atoms with Crippen LogP contribution in [0.3, 0.4) is 0 Å². The van der Waals surface area contributed by atoms with Crippen LogP contribution in [-0.2, 0) is 10.0 Å². The summed E-state index contributed by atoms with van der Waals surface area (Å²) < 4.78 is 24.9. The highest BCUT2D eigenvalue weighted by Gasteiger charge is 2.20. The van der Waals surface area contributed by atoms with Crippen LogP contribution in [0, 0.1) is 5.21 Å². The summed E-state index contributed by atoms with van der Waals surface area (Å²) in [4.78, 5) is 0. The van der Waals surface area contributed by atoms with E-state index in [1.165, 1.54) is 13.2 Å². The van der Waals surface area contributed by atoms with Gasteiger partial charge < -0.3 is 5.21 Å². The van der Waals surface area contributed by atoms with Gasteiger partial charge in [-0.05, 0) is 12.1 Å². The molecule has 1 aromatic heterocycles. The quantitative estimate of drug-likeness (QED) is 0.487. The van der Waals surface area contributed by atoms with Crippen molar-refractivity contribution in [1.82, 2.24) is 0 Å². The number of hydrogen-bond acceptors (Lipinski definition) is 3. The first-order valence-electron chi connectivity index (χ1n) is 5.10. The van der Waals surface area contributed by atoms with Gasteiger partial charge in [-0.1, -0.05) is 12.1 Å². The molecular weight excluding hydrogens is 276 g/mol. The minimum Gasteiger partial charge on any atom is -0.618 e. The molecule has 96 valence electrons. The van der Waals surface area contributed by atoms with Gasteiger partial charge in [0.25, 0.3) is 0 Å². The Hall–Kier alpha value is -1.53. The van der Waals surface area contributed by atoms with Gasteiger partial charge in [0, 0.05) is 18.5 Å². The number of para-hydroxylation sites is 1. The molecule has 0 fully saturated rings. The maximum absolute atomic E-state index is 11.8. The summed E-state index contributed by atoms with van der Waals surface area (Å²) in [6.45, 7) is 0. The number of pyridine rings is 1. The van der Waals surface area contributed by atoms with Gasteiger partial charge in [0.05, 0.1) is 0 Å². The van der Waals surface area contributed by atoms with Crippen molar-refractivity contribution >= 4 is 38.2 Å². The van der Waals surface area contributed by atoms with Crippen molar-refractivity contribution < 1.29 is 13.1 Å². The summed E-state index contributed by atoms with van der Waals surface area (Å²) in [6, 6.07) is 8.57. The van der Waals surface area contributed by atoms with E-state index in [0.717, 1.165) is 4.31 Å². The monoisotopic (exact) mass is 286 g/mol. The summed E-state index contributed by atoms with van der Waals surface area (Å²) in [5.41, 5.74) is 0.766. The molecule has 1 heterocycles. The molecule has 18 heavy (non-hydrogen) atoms. The molecule has 0 saturated heterocycles. The van der Waals surface area contributed by atoms with Crippen molar-refractivity contribution in [2.75, 3.05) is 16.6 Å². The Kier molecular flexibility index (Phi) is 3.32. The normalized spacial score (nSPS) is 11.7. The fourth-order valence-corrected chi connectivity index (χ4v) is 2.61. The lowest BCUT2D eigenvalue weighted by atomic mass is 10.2. The van der Waals surface area contributed by atoms with Gasteiger partial charge in [0.1, 0.15) is 10.9 Å². The van der Waals surface area contributed by atoms with Crippen LogP contribution in [0.5, 0.6) is 0 Å². The first kappa shape index (κ1) is 12.9. The summed E-state index contributed by atoms with van der Waals surface area (Å²) in [6.07, 6.45) is 1.21. The largest absolute Gasteiger partial charge is 0.618 e. The number of nitrogens with zero attached hydrogens (tertiary/aromatic N) is 2. The molecule has 0 unspecified atom stereocenters. The maximum atomic E-state index is 11.8. The molecule has 0 bridgehead atoms. The van der Waals surface area contributed by atoms with E-state index in [1.54, 1.807) is 30.3 Å². The molecule has 0 N–H and O–H groups in total. The molecule has 0 amide bonds. The first-order chi connectivity index (χ1) is 8.45. The SMILES string of the molecule is CN(c1cc2ccccc2[n+]([O-])c1)S(=O)(=O)CCl. The van der Waals surface area contributed by atoms with Gasteiger partial charge in [-0.25, -0.2) is 8.42 Å². The van der Waals surface area contributed by atoms with Gasteiger partial charge >= 0.3 is 0 Å². The Labute approximate surface area is 110 Å². The van der Waals surface area contributed by atoms with Crippen LogP contribution in [0.2, 0.25) is 0 Å². The average molecular weight is 287 g/mol. The summed E-state index contributed by atoms with van der Waals surface area (Å²) in [7, 11) is -2.23. The van der Waals surface area contributed by atoms with Gasteiger partial charge in [-0.3, -0.25) is 4.31 Å². The average Bonchev–Trinajstić information content (AvgIpc) is 2.37. The smallest absolute Gasteiger partial charge is 0.249 e. The summed E-state index contributed by atoms with van der Waals surface area (Å²) in [5, 5.41) is 11.9. The Balaban J connectivity index is 2.60. The zero-order chi connectivity index (χ0) is 13.3. The van der Waals surface area contributed by atoms with Crippen molar-refractivity contribution in [3.05, 3.63) is 41.7 Å². The minimum absolute atomic E-state index is 0.282. The highest BCUT2D eigenvalue weighted by molar-refractivity contribution is 7.93. The van der Waals surface area contributed by atoms with Crippen LogP contribution < -0.4 is 9.04 Å². The number of benzene rings is 1. The molecule has 0 spiro atoms. The molecule has 7 heteroatoms. The number of halogens is 1. The third kappa shape index (κ3) is 2.21. The number of alkyl halides is 1. The Morgan fingerprint density at radius 1 is 1.39 bits per heavy atom. The van der Waals surface area contributed by atoms with E-state index in [2.05, 4.69) is 0 Å². The topological polar surface area (TPSA) is 64.3 Å². The second-order valence-electron chi connectivity index (χ2n) is 3.77. The van der Waals surface area contributed by atoms with Crippen LogP contribution in [0.25, 0.3) is 10.9 Å². The highest BCUT2D eigenvalue weighted by Crippen LogP contribution is 2.20. The molecule has 0 aliphatic rings. The molecular formula is C11H11ClN2O3S. The Morgan fingerprint density at radius 3 is 2.72 bits per heavy atom. The van der Waals surface area contributed by atoms with Crippen LogP contribution in [0.1, 0.15) is 0 Å². The number of aromatic nitrogens is 1.